The Morgan fingerprint density at radius 2 is 1.20 bits per heavy atom. The average Bonchev–Trinajstić information content (AvgIpc) is 2.75. The monoisotopic (exact) mass is 425 g/mol. The lowest BCUT2D eigenvalue weighted by atomic mass is 10.1. The Bertz CT molecular complexity index is 1040. The highest BCUT2D eigenvalue weighted by molar-refractivity contribution is 6.68. The second-order valence-corrected chi connectivity index (χ2v) is 6.20. The van der Waals surface area contributed by atoms with Crippen LogP contribution in [0.25, 0.3) is 0 Å². The topological polar surface area (TPSA) is 113 Å². The Kier molecular flexibility index (Phi) is 6.19. The van der Waals surface area contributed by atoms with Gasteiger partial charge in [-0.3, -0.25) is 14.9 Å². The fraction of sp³-hybridized carbons (Fsp3) is 0. The van der Waals surface area contributed by atoms with Crippen molar-refractivity contribution in [1.82, 2.24) is 0 Å². The summed E-state index contributed by atoms with van der Waals surface area (Å²) >= 11 is 5.44. The van der Waals surface area contributed by atoms with Gasteiger partial charge in [0.2, 0.25) is 0 Å². The second-order valence-electron chi connectivity index (χ2n) is 5.86. The molecule has 0 radical (unpaired) electrons. The van der Waals surface area contributed by atoms with Crippen molar-refractivity contribution in [2.75, 3.05) is 0 Å². The molecule has 0 amide bonds. The van der Waals surface area contributed by atoms with Gasteiger partial charge in [-0.1, -0.05) is 36.4 Å². The van der Waals surface area contributed by atoms with Gasteiger partial charge < -0.3 is 9.47 Å². The molecule has 0 atom stereocenters. The number of rotatable bonds is 6. The van der Waals surface area contributed by atoms with E-state index in [1.54, 1.807) is 36.4 Å². The van der Waals surface area contributed by atoms with Crippen LogP contribution >= 0.6 is 11.6 Å². The van der Waals surface area contributed by atoms with Crippen LogP contribution in [0.4, 0.5) is 5.69 Å². The minimum atomic E-state index is -1.14. The summed E-state index contributed by atoms with van der Waals surface area (Å²) in [6, 6.07) is 17.4. The van der Waals surface area contributed by atoms with E-state index in [0.717, 1.165) is 12.1 Å². The number of ether oxygens (including phenoxy) is 2. The molecule has 0 aromatic heterocycles. The molecule has 9 heteroatoms. The van der Waals surface area contributed by atoms with E-state index in [0.29, 0.717) is 0 Å². The Morgan fingerprint density at radius 3 is 1.60 bits per heavy atom. The maximum atomic E-state index is 12.4. The second kappa shape index (κ2) is 8.97. The van der Waals surface area contributed by atoms with Crippen LogP contribution in [0.5, 0.6) is 11.5 Å². The molecule has 150 valence electrons. The smallest absolute Gasteiger partial charge is 0.343 e. The summed E-state index contributed by atoms with van der Waals surface area (Å²) in [4.78, 5) is 46.9. The summed E-state index contributed by atoms with van der Waals surface area (Å²) in [5.74, 6) is -2.45. The number of carbonyl (C=O) groups excluding carboxylic acids is 3. The van der Waals surface area contributed by atoms with Gasteiger partial charge in [-0.2, -0.15) is 0 Å². The van der Waals surface area contributed by atoms with Crippen molar-refractivity contribution in [1.29, 1.82) is 0 Å². The molecule has 0 aliphatic rings. The first-order chi connectivity index (χ1) is 14.4. The Morgan fingerprint density at radius 1 is 0.767 bits per heavy atom. The van der Waals surface area contributed by atoms with E-state index in [-0.39, 0.29) is 16.9 Å². The van der Waals surface area contributed by atoms with Gasteiger partial charge >= 0.3 is 11.9 Å². The van der Waals surface area contributed by atoms with Crippen molar-refractivity contribution >= 4 is 34.5 Å². The number of nitrogens with zero attached hydrogens (tertiary/aromatic N) is 1. The fourth-order valence-electron chi connectivity index (χ4n) is 2.48. The molecule has 0 N–H and O–H groups in total. The van der Waals surface area contributed by atoms with E-state index in [9.17, 15) is 24.5 Å². The largest absolute Gasteiger partial charge is 0.419 e. The van der Waals surface area contributed by atoms with Gasteiger partial charge in [0.1, 0.15) is 5.56 Å². The van der Waals surface area contributed by atoms with Crippen LogP contribution in [0.1, 0.15) is 31.1 Å². The molecular weight excluding hydrogens is 414 g/mol. The minimum absolute atomic E-state index is 0.165. The zero-order chi connectivity index (χ0) is 21.7. The van der Waals surface area contributed by atoms with Crippen LogP contribution in [0.15, 0.2) is 72.8 Å². The average molecular weight is 426 g/mol. The number of nitro benzene ring substituents is 1. The minimum Gasteiger partial charge on any atom is -0.419 e. The lowest BCUT2D eigenvalue weighted by Crippen LogP contribution is -2.13. The van der Waals surface area contributed by atoms with Gasteiger partial charge in [0.15, 0.2) is 11.5 Å². The number of carbonyl (C=O) groups is 3. The van der Waals surface area contributed by atoms with Crippen LogP contribution in [0.3, 0.4) is 0 Å². The van der Waals surface area contributed by atoms with E-state index < -0.39 is 39.1 Å². The molecule has 0 spiro atoms. The molecule has 3 rings (SSSR count). The molecule has 0 saturated heterocycles. The van der Waals surface area contributed by atoms with Gasteiger partial charge in [0.05, 0.1) is 22.1 Å². The van der Waals surface area contributed by atoms with Crippen LogP contribution in [0.2, 0.25) is 0 Å². The van der Waals surface area contributed by atoms with Gasteiger partial charge in [0, 0.05) is 6.07 Å². The zero-order valence-electron chi connectivity index (χ0n) is 15.1. The Hall–Kier alpha value is -4.04. The van der Waals surface area contributed by atoms with Crippen LogP contribution in [-0.4, -0.2) is 22.1 Å². The fourth-order valence-corrected chi connectivity index (χ4v) is 2.63. The van der Waals surface area contributed by atoms with Crippen molar-refractivity contribution in [2.45, 2.75) is 0 Å². The molecule has 3 aromatic rings. The van der Waals surface area contributed by atoms with E-state index in [1.165, 1.54) is 24.3 Å². The molecule has 0 aliphatic carbocycles. The summed E-state index contributed by atoms with van der Waals surface area (Å²) in [6.45, 7) is 0. The summed E-state index contributed by atoms with van der Waals surface area (Å²) in [5, 5.41) is 10.2. The zero-order valence-corrected chi connectivity index (χ0v) is 15.9. The predicted octanol–water partition coefficient (Wildman–Crippen LogP) is 4.41. The van der Waals surface area contributed by atoms with E-state index in [1.807, 2.05) is 0 Å². The highest BCUT2D eigenvalue weighted by Gasteiger charge is 2.26. The molecule has 30 heavy (non-hydrogen) atoms. The number of benzene rings is 3. The molecule has 0 unspecified atom stereocenters. The number of nitro groups is 1. The Balaban J connectivity index is 2.04. The third-order valence-corrected chi connectivity index (χ3v) is 4.10. The van der Waals surface area contributed by atoms with Crippen molar-refractivity contribution < 1.29 is 28.8 Å². The predicted molar refractivity (Wildman–Crippen MR) is 106 cm³/mol. The van der Waals surface area contributed by atoms with E-state index in [4.69, 9.17) is 21.1 Å². The molecule has 0 bridgehead atoms. The molecule has 0 heterocycles. The summed E-state index contributed by atoms with van der Waals surface area (Å²) < 4.78 is 10.5. The molecule has 0 saturated carbocycles. The maximum Gasteiger partial charge on any atom is 0.343 e. The third-order valence-electron chi connectivity index (χ3n) is 3.89. The van der Waals surface area contributed by atoms with Crippen molar-refractivity contribution in [3.8, 4) is 11.5 Å². The quantitative estimate of drug-likeness (QED) is 0.189. The number of halogens is 1. The number of hydrogen-bond donors (Lipinski definition) is 0. The van der Waals surface area contributed by atoms with Gasteiger partial charge in [-0.15, -0.1) is 0 Å². The molecule has 3 aromatic carbocycles. The first kappa shape index (κ1) is 20.7. The van der Waals surface area contributed by atoms with Gasteiger partial charge in [-0.25, -0.2) is 9.59 Å². The van der Waals surface area contributed by atoms with Crippen molar-refractivity contribution in [3.63, 3.8) is 0 Å². The highest BCUT2D eigenvalue weighted by atomic mass is 35.5. The summed E-state index contributed by atoms with van der Waals surface area (Å²) in [7, 11) is 0. The normalized spacial score (nSPS) is 10.2. The first-order valence-electron chi connectivity index (χ1n) is 8.43. The molecular formula is C21H12ClNO7. The van der Waals surface area contributed by atoms with E-state index in [2.05, 4.69) is 0 Å². The van der Waals surface area contributed by atoms with Crippen LogP contribution in [-0.2, 0) is 0 Å². The summed E-state index contributed by atoms with van der Waals surface area (Å²) in [5.41, 5.74) is -0.879. The van der Waals surface area contributed by atoms with Crippen LogP contribution in [0, 0.1) is 10.1 Å². The molecule has 8 nitrogen and oxygen atoms in total. The first-order valence-corrected chi connectivity index (χ1v) is 8.81. The Labute approximate surface area is 174 Å². The molecule has 0 aliphatic heterocycles. The van der Waals surface area contributed by atoms with Crippen molar-refractivity contribution in [2.24, 2.45) is 0 Å². The lowest BCUT2D eigenvalue weighted by molar-refractivity contribution is -0.385. The van der Waals surface area contributed by atoms with Crippen LogP contribution < -0.4 is 9.47 Å². The number of hydrogen-bond acceptors (Lipinski definition) is 7. The van der Waals surface area contributed by atoms with Gasteiger partial charge in [-0.05, 0) is 35.9 Å². The maximum absolute atomic E-state index is 12.4. The summed E-state index contributed by atoms with van der Waals surface area (Å²) in [6.07, 6.45) is 0. The van der Waals surface area contributed by atoms with Gasteiger partial charge in [0.25, 0.3) is 10.9 Å². The molecule has 0 fully saturated rings. The third kappa shape index (κ3) is 4.68. The lowest BCUT2D eigenvalue weighted by Gasteiger charge is -2.12. The van der Waals surface area contributed by atoms with E-state index >= 15 is 0 Å². The highest BCUT2D eigenvalue weighted by Crippen LogP contribution is 2.36. The SMILES string of the molecule is O=C(Oc1cc(C(=O)Cl)c([N+](=O)[O-])cc1OC(=O)c1ccccc1)c1ccccc1. The number of esters is 2. The standard InChI is InChI=1S/C21H12ClNO7/c22-19(24)15-11-17(29-20(25)13-7-3-1-4-8-13)18(12-16(15)23(27)28)30-21(26)14-9-5-2-6-10-14/h1-12H. The van der Waals surface area contributed by atoms with Crippen molar-refractivity contribution in [3.05, 3.63) is 99.6 Å².